The summed E-state index contributed by atoms with van der Waals surface area (Å²) in [6.07, 6.45) is 7.16. The highest BCUT2D eigenvalue weighted by molar-refractivity contribution is 5.07. The normalized spacial score (nSPS) is 39.5. The minimum absolute atomic E-state index is 0.443. The first-order chi connectivity index (χ1) is 9.41. The van der Waals surface area contributed by atoms with Gasteiger partial charge < -0.3 is 5.73 Å². The molecule has 4 nitrogen and oxygen atoms in total. The van der Waals surface area contributed by atoms with Gasteiger partial charge in [-0.25, -0.2) is 9.67 Å². The topological polar surface area (TPSA) is 56.7 Å². The average Bonchev–Trinajstić information content (AvgIpc) is 2.70. The van der Waals surface area contributed by atoms with E-state index in [0.717, 1.165) is 35.3 Å². The molecule has 1 aromatic rings. The van der Waals surface area contributed by atoms with Crippen LogP contribution in [0, 0.1) is 30.6 Å². The largest absolute Gasteiger partial charge is 0.319 e. The van der Waals surface area contributed by atoms with Crippen LogP contribution in [0.2, 0.25) is 0 Å². The van der Waals surface area contributed by atoms with Gasteiger partial charge in [0.05, 0.1) is 11.6 Å². The van der Waals surface area contributed by atoms with E-state index in [4.69, 9.17) is 10.8 Å². The fraction of sp³-hybridized carbons (Fsp3) is 0.875. The first kappa shape index (κ1) is 12.8. The van der Waals surface area contributed by atoms with Gasteiger partial charge in [0.1, 0.15) is 5.82 Å². The maximum absolute atomic E-state index is 6.18. The van der Waals surface area contributed by atoms with Crippen LogP contribution in [-0.2, 0) is 5.54 Å². The molecule has 0 aliphatic heterocycles. The second-order valence-corrected chi connectivity index (χ2v) is 8.07. The molecule has 0 radical (unpaired) electrons. The molecule has 4 bridgehead atoms. The van der Waals surface area contributed by atoms with E-state index in [-0.39, 0.29) is 0 Å². The summed E-state index contributed by atoms with van der Waals surface area (Å²) >= 11 is 0. The third-order valence-corrected chi connectivity index (χ3v) is 5.84. The Bertz CT molecular complexity index is 497. The fourth-order valence-corrected chi connectivity index (χ4v) is 5.25. The molecule has 2 N–H and O–H groups in total. The molecule has 20 heavy (non-hydrogen) atoms. The van der Waals surface area contributed by atoms with E-state index < -0.39 is 5.54 Å². The van der Waals surface area contributed by atoms with Crippen molar-refractivity contribution in [3.8, 4) is 0 Å². The van der Waals surface area contributed by atoms with Gasteiger partial charge in [0.15, 0.2) is 5.82 Å². The highest BCUT2D eigenvalue weighted by Gasteiger charge is 2.49. The van der Waals surface area contributed by atoms with Crippen molar-refractivity contribution in [2.75, 3.05) is 0 Å². The van der Waals surface area contributed by atoms with Gasteiger partial charge in [0.2, 0.25) is 0 Å². The summed E-state index contributed by atoms with van der Waals surface area (Å²) in [7, 11) is 0. The van der Waals surface area contributed by atoms with Crippen molar-refractivity contribution in [2.45, 2.75) is 64.5 Å². The molecule has 0 atom stereocenters. The summed E-state index contributed by atoms with van der Waals surface area (Å²) in [6, 6.07) is 0.589. The Kier molecular flexibility index (Phi) is 2.60. The Balaban J connectivity index is 1.69. The van der Waals surface area contributed by atoms with Crippen LogP contribution in [0.15, 0.2) is 0 Å². The van der Waals surface area contributed by atoms with Gasteiger partial charge in [0.25, 0.3) is 0 Å². The van der Waals surface area contributed by atoms with Crippen molar-refractivity contribution < 1.29 is 0 Å². The van der Waals surface area contributed by atoms with Crippen molar-refractivity contribution in [1.82, 2.24) is 14.8 Å². The van der Waals surface area contributed by atoms with Crippen LogP contribution in [0.4, 0.5) is 0 Å². The molecular weight excluding hydrogens is 248 g/mol. The van der Waals surface area contributed by atoms with Crippen LogP contribution < -0.4 is 5.73 Å². The van der Waals surface area contributed by atoms with Gasteiger partial charge in [-0.1, -0.05) is 0 Å². The van der Waals surface area contributed by atoms with Crippen LogP contribution in [-0.4, -0.2) is 14.8 Å². The van der Waals surface area contributed by atoms with Gasteiger partial charge in [-0.3, -0.25) is 0 Å². The molecule has 4 aliphatic carbocycles. The molecule has 0 amide bonds. The fourth-order valence-electron chi connectivity index (χ4n) is 5.25. The maximum atomic E-state index is 6.18. The molecule has 0 unspecified atom stereocenters. The van der Waals surface area contributed by atoms with Gasteiger partial charge in [-0.15, -0.1) is 0 Å². The SMILES string of the molecule is Cc1nc(C(C)(C)N)nn1C1C2CC3CC(C2)CC1C3. The minimum Gasteiger partial charge on any atom is -0.319 e. The lowest BCUT2D eigenvalue weighted by molar-refractivity contribution is -0.0347. The van der Waals surface area contributed by atoms with Crippen LogP contribution in [0.3, 0.4) is 0 Å². The number of hydrogen-bond donors (Lipinski definition) is 1. The molecule has 0 saturated heterocycles. The first-order valence-electron chi connectivity index (χ1n) is 8.14. The molecule has 1 aromatic heterocycles. The van der Waals surface area contributed by atoms with Gasteiger partial charge in [-0.2, -0.15) is 5.10 Å². The third kappa shape index (κ3) is 1.84. The summed E-state index contributed by atoms with van der Waals surface area (Å²) < 4.78 is 2.23. The van der Waals surface area contributed by atoms with Crippen molar-refractivity contribution in [1.29, 1.82) is 0 Å². The number of aromatic nitrogens is 3. The summed E-state index contributed by atoms with van der Waals surface area (Å²) in [5, 5.41) is 4.81. The maximum Gasteiger partial charge on any atom is 0.170 e. The lowest BCUT2D eigenvalue weighted by atomic mass is 9.54. The monoisotopic (exact) mass is 274 g/mol. The minimum atomic E-state index is -0.443. The molecule has 4 saturated carbocycles. The van der Waals surface area contributed by atoms with E-state index in [0.29, 0.717) is 6.04 Å². The third-order valence-electron chi connectivity index (χ3n) is 5.84. The quantitative estimate of drug-likeness (QED) is 0.902. The van der Waals surface area contributed by atoms with Crippen LogP contribution in [0.25, 0.3) is 0 Å². The Labute approximate surface area is 121 Å². The zero-order chi connectivity index (χ0) is 14.1. The Morgan fingerprint density at radius 2 is 1.60 bits per heavy atom. The van der Waals surface area contributed by atoms with Crippen LogP contribution in [0.1, 0.15) is 63.6 Å². The average molecular weight is 274 g/mol. The highest BCUT2D eigenvalue weighted by atomic mass is 15.4. The van der Waals surface area contributed by atoms with E-state index >= 15 is 0 Å². The van der Waals surface area contributed by atoms with E-state index in [2.05, 4.69) is 16.6 Å². The number of nitrogens with two attached hydrogens (primary N) is 1. The van der Waals surface area contributed by atoms with Crippen LogP contribution >= 0.6 is 0 Å². The molecule has 5 rings (SSSR count). The van der Waals surface area contributed by atoms with E-state index in [1.54, 1.807) is 0 Å². The predicted octanol–water partition coefficient (Wildman–Crippen LogP) is 2.78. The Morgan fingerprint density at radius 3 is 2.05 bits per heavy atom. The molecule has 4 heteroatoms. The van der Waals surface area contributed by atoms with Crippen molar-refractivity contribution >= 4 is 0 Å². The summed E-state index contributed by atoms with van der Waals surface area (Å²) in [6.45, 7) is 6.07. The lowest BCUT2D eigenvalue weighted by Gasteiger charge is -2.54. The molecule has 1 heterocycles. The Hall–Kier alpha value is -0.900. The van der Waals surface area contributed by atoms with Gasteiger partial charge >= 0.3 is 0 Å². The summed E-state index contributed by atoms with van der Waals surface area (Å²) in [4.78, 5) is 4.64. The number of hydrogen-bond acceptors (Lipinski definition) is 3. The molecule has 110 valence electrons. The van der Waals surface area contributed by atoms with Crippen molar-refractivity contribution in [2.24, 2.45) is 29.4 Å². The number of rotatable bonds is 2. The summed E-state index contributed by atoms with van der Waals surface area (Å²) in [5.41, 5.74) is 5.73. The standard InChI is InChI=1S/C16H26N4/c1-9-18-15(16(2,3)17)19-20(9)14-12-5-10-4-11(7-12)8-13(14)6-10/h10-14H,4-8,17H2,1-3H3. The lowest BCUT2D eigenvalue weighted by Crippen LogP contribution is -2.46. The molecule has 0 aromatic carbocycles. The van der Waals surface area contributed by atoms with E-state index in [1.807, 2.05) is 13.8 Å². The highest BCUT2D eigenvalue weighted by Crippen LogP contribution is 2.58. The van der Waals surface area contributed by atoms with Gasteiger partial charge in [-0.05, 0) is 76.5 Å². The first-order valence-corrected chi connectivity index (χ1v) is 8.14. The Morgan fingerprint density at radius 1 is 1.05 bits per heavy atom. The van der Waals surface area contributed by atoms with Crippen LogP contribution in [0.5, 0.6) is 0 Å². The molecule has 4 aliphatic rings. The second kappa shape index (κ2) is 4.06. The van der Waals surface area contributed by atoms with E-state index in [9.17, 15) is 0 Å². The summed E-state index contributed by atoms with van der Waals surface area (Å²) in [5.74, 6) is 5.52. The zero-order valence-corrected chi connectivity index (χ0v) is 12.8. The zero-order valence-electron chi connectivity index (χ0n) is 12.8. The number of nitrogens with zero attached hydrogens (tertiary/aromatic N) is 3. The second-order valence-electron chi connectivity index (χ2n) is 8.07. The molecular formula is C16H26N4. The predicted molar refractivity (Wildman–Crippen MR) is 78.1 cm³/mol. The van der Waals surface area contributed by atoms with Gasteiger partial charge in [0, 0.05) is 0 Å². The molecule has 0 spiro atoms. The van der Waals surface area contributed by atoms with E-state index in [1.165, 1.54) is 32.1 Å². The molecule has 4 fully saturated rings. The van der Waals surface area contributed by atoms with Crippen molar-refractivity contribution in [3.63, 3.8) is 0 Å². The number of aryl methyl sites for hydroxylation is 1. The smallest absolute Gasteiger partial charge is 0.170 e. The van der Waals surface area contributed by atoms with Crippen molar-refractivity contribution in [3.05, 3.63) is 11.6 Å².